The molecule has 198 valence electrons. The molecule has 2 heterocycles. The first-order chi connectivity index (χ1) is 17.7. The van der Waals surface area contributed by atoms with E-state index in [1.165, 1.54) is 0 Å². The number of carbonyl (C=O) groups is 1. The molecule has 1 atom stereocenters. The van der Waals surface area contributed by atoms with Gasteiger partial charge in [-0.25, -0.2) is 0 Å². The van der Waals surface area contributed by atoms with Gasteiger partial charge in [0.2, 0.25) is 0 Å². The number of nitrogens with one attached hydrogen (secondary N) is 1. The van der Waals surface area contributed by atoms with Crippen LogP contribution in [0.15, 0.2) is 54.7 Å². The van der Waals surface area contributed by atoms with Crippen LogP contribution in [-0.4, -0.2) is 42.2 Å². The van der Waals surface area contributed by atoms with E-state index < -0.39 is 11.4 Å². The van der Waals surface area contributed by atoms with Crippen LogP contribution in [-0.2, 0) is 16.1 Å². The van der Waals surface area contributed by atoms with Gasteiger partial charge in [0.25, 0.3) is 0 Å². The fraction of sp³-hybridized carbons (Fsp3) is 0.333. The molecule has 1 saturated carbocycles. The van der Waals surface area contributed by atoms with E-state index in [2.05, 4.69) is 10.6 Å². The Hall–Kier alpha value is -3.53. The molecule has 9 nitrogen and oxygen atoms in total. The summed E-state index contributed by atoms with van der Waals surface area (Å²) in [6, 6.07) is 15.8. The van der Waals surface area contributed by atoms with Crippen molar-refractivity contribution in [3.63, 3.8) is 0 Å². The Morgan fingerprint density at radius 3 is 2.43 bits per heavy atom. The molecule has 0 saturated heterocycles. The molecule has 0 amide bonds. The first-order valence-electron chi connectivity index (χ1n) is 11.8. The van der Waals surface area contributed by atoms with Crippen molar-refractivity contribution in [2.24, 2.45) is 16.9 Å². The van der Waals surface area contributed by atoms with Crippen molar-refractivity contribution in [1.29, 1.82) is 5.41 Å². The van der Waals surface area contributed by atoms with Gasteiger partial charge in [-0.15, -0.1) is 0 Å². The monoisotopic (exact) mass is 528 g/mol. The predicted octanol–water partition coefficient (Wildman–Crippen LogP) is 4.52. The van der Waals surface area contributed by atoms with Crippen LogP contribution >= 0.6 is 11.6 Å². The Labute approximate surface area is 221 Å². The molecule has 0 spiro atoms. The Morgan fingerprint density at radius 1 is 1.19 bits per heavy atom. The molecule has 1 aromatic heterocycles. The van der Waals surface area contributed by atoms with Gasteiger partial charge in [-0.1, -0.05) is 30.7 Å². The van der Waals surface area contributed by atoms with E-state index >= 15 is 0 Å². The molecule has 1 fully saturated rings. The van der Waals surface area contributed by atoms with Crippen molar-refractivity contribution in [3.05, 3.63) is 76.6 Å². The summed E-state index contributed by atoms with van der Waals surface area (Å²) in [5.74, 6) is 0.175. The predicted molar refractivity (Wildman–Crippen MR) is 143 cm³/mol. The molecular formula is C27H33ClN4O5. The molecule has 3 aromatic rings. The van der Waals surface area contributed by atoms with E-state index in [0.717, 1.165) is 29.1 Å². The number of carboxylic acids is 1. The Morgan fingerprint density at radius 2 is 1.89 bits per heavy atom. The normalized spacial score (nSPS) is 16.3. The Bertz CT molecular complexity index is 1240. The number of aromatic nitrogens is 1. The van der Waals surface area contributed by atoms with Gasteiger partial charge < -0.3 is 35.4 Å². The number of nitrogens with zero attached hydrogens (tertiary/aromatic N) is 1. The van der Waals surface area contributed by atoms with Crippen LogP contribution in [0.3, 0.4) is 0 Å². The van der Waals surface area contributed by atoms with E-state index in [0.29, 0.717) is 36.0 Å². The number of ether oxygens (including phenoxy) is 3. The Kier molecular flexibility index (Phi) is 9.20. The van der Waals surface area contributed by atoms with Gasteiger partial charge in [-0.3, -0.25) is 10.2 Å². The molecule has 1 unspecified atom stereocenters. The summed E-state index contributed by atoms with van der Waals surface area (Å²) in [5, 5.41) is 16.0. The van der Waals surface area contributed by atoms with E-state index in [1.54, 1.807) is 14.2 Å². The first-order valence-corrected chi connectivity index (χ1v) is 12.2. The highest BCUT2D eigenvalue weighted by Gasteiger charge is 2.53. The number of amidine groups is 1. The van der Waals surface area contributed by atoms with Crippen LogP contribution in [0.1, 0.15) is 42.7 Å². The minimum absolute atomic E-state index is 0.213. The van der Waals surface area contributed by atoms with Gasteiger partial charge in [0.1, 0.15) is 17.4 Å². The van der Waals surface area contributed by atoms with Crippen LogP contribution in [0, 0.1) is 10.8 Å². The summed E-state index contributed by atoms with van der Waals surface area (Å²) < 4.78 is 19.5. The first kappa shape index (κ1) is 28.0. The van der Waals surface area contributed by atoms with Crippen molar-refractivity contribution in [1.82, 2.24) is 4.57 Å². The SMILES string of the molecule is CCN.COc1cccc(C2OCc3cccn3-c3ccc(Cl)cc32)c1OC.N=C(N)C1(C(=O)O)CC1. The van der Waals surface area contributed by atoms with E-state index in [9.17, 15) is 4.79 Å². The zero-order valence-corrected chi connectivity index (χ0v) is 21.9. The lowest BCUT2D eigenvalue weighted by Gasteiger charge is -2.22. The number of benzene rings is 2. The summed E-state index contributed by atoms with van der Waals surface area (Å²) in [6.45, 7) is 3.14. The molecule has 6 N–H and O–H groups in total. The lowest BCUT2D eigenvalue weighted by molar-refractivity contribution is -0.140. The number of aliphatic carboxylic acids is 1. The van der Waals surface area contributed by atoms with Gasteiger partial charge in [0, 0.05) is 28.0 Å². The minimum Gasteiger partial charge on any atom is -0.493 e. The Balaban J connectivity index is 0.000000265. The van der Waals surface area contributed by atoms with Crippen LogP contribution < -0.4 is 20.9 Å². The number of methoxy groups -OCH3 is 2. The number of para-hydroxylation sites is 1. The molecule has 5 rings (SSSR count). The number of hydrogen-bond acceptors (Lipinski definition) is 6. The largest absolute Gasteiger partial charge is 0.493 e. The van der Waals surface area contributed by atoms with Crippen LogP contribution in [0.4, 0.5) is 0 Å². The second kappa shape index (κ2) is 12.1. The van der Waals surface area contributed by atoms with Gasteiger partial charge in [-0.05, 0) is 55.8 Å². The van der Waals surface area contributed by atoms with E-state index in [4.69, 9.17) is 47.8 Å². The average Bonchev–Trinajstić information content (AvgIpc) is 3.61. The number of rotatable bonds is 5. The standard InChI is InChI=1S/C20H18ClNO3.C5H8N2O2.C2H7N/c1-23-18-7-3-6-15(20(18)24-2)19-16-11-13(21)8-9-17(16)22-10-4-5-14(22)12-25-19;6-3(7)5(1-2-5)4(8)9;1-2-3/h3-11,19H,12H2,1-2H3;1-2H2,(H3,6,7)(H,8,9);2-3H2,1H3. The third-order valence-corrected chi connectivity index (χ3v) is 6.39. The molecule has 2 aliphatic rings. The maximum absolute atomic E-state index is 10.3. The second-order valence-corrected chi connectivity index (χ2v) is 8.99. The molecule has 2 aromatic carbocycles. The zero-order chi connectivity index (χ0) is 27.2. The fourth-order valence-corrected chi connectivity index (χ4v) is 4.26. The minimum atomic E-state index is -0.972. The van der Waals surface area contributed by atoms with Crippen molar-refractivity contribution in [2.75, 3.05) is 20.8 Å². The molecule has 37 heavy (non-hydrogen) atoms. The lowest BCUT2D eigenvalue weighted by atomic mass is 9.98. The van der Waals surface area contributed by atoms with E-state index in [1.807, 2.05) is 55.6 Å². The number of nitrogens with two attached hydrogens (primary N) is 2. The summed E-state index contributed by atoms with van der Waals surface area (Å²) in [4.78, 5) is 10.3. The van der Waals surface area contributed by atoms with Gasteiger partial charge in [0.05, 0.1) is 26.5 Å². The third-order valence-electron chi connectivity index (χ3n) is 6.15. The molecule has 1 aliphatic carbocycles. The quantitative estimate of drug-likeness (QED) is 0.281. The van der Waals surface area contributed by atoms with Gasteiger partial charge in [0.15, 0.2) is 11.5 Å². The maximum atomic E-state index is 10.3. The van der Waals surface area contributed by atoms with Gasteiger partial charge in [-0.2, -0.15) is 0 Å². The van der Waals surface area contributed by atoms with Crippen LogP contribution in [0.25, 0.3) is 5.69 Å². The maximum Gasteiger partial charge on any atom is 0.317 e. The zero-order valence-electron chi connectivity index (χ0n) is 21.2. The van der Waals surface area contributed by atoms with Crippen molar-refractivity contribution in [2.45, 2.75) is 32.5 Å². The molecule has 0 bridgehead atoms. The summed E-state index contributed by atoms with van der Waals surface area (Å²) >= 11 is 6.30. The average molecular weight is 529 g/mol. The number of carboxylic acid groups (broad SMARTS) is 1. The third kappa shape index (κ3) is 5.90. The summed E-state index contributed by atoms with van der Waals surface area (Å²) in [5.41, 5.74) is 13.0. The van der Waals surface area contributed by atoms with Crippen molar-refractivity contribution in [3.8, 4) is 17.2 Å². The highest BCUT2D eigenvalue weighted by Crippen LogP contribution is 2.45. The molecule has 0 radical (unpaired) electrons. The fourth-order valence-electron chi connectivity index (χ4n) is 4.08. The molecule has 1 aliphatic heterocycles. The van der Waals surface area contributed by atoms with Crippen LogP contribution in [0.5, 0.6) is 11.5 Å². The molecular weight excluding hydrogens is 496 g/mol. The highest BCUT2D eigenvalue weighted by molar-refractivity contribution is 6.30. The number of fused-ring (bicyclic) bond motifs is 3. The number of halogens is 1. The van der Waals surface area contributed by atoms with Crippen LogP contribution in [0.2, 0.25) is 5.02 Å². The highest BCUT2D eigenvalue weighted by atomic mass is 35.5. The smallest absolute Gasteiger partial charge is 0.317 e. The van der Waals surface area contributed by atoms with Crippen molar-refractivity contribution >= 4 is 23.4 Å². The summed E-state index contributed by atoms with van der Waals surface area (Å²) in [6.07, 6.45) is 2.78. The lowest BCUT2D eigenvalue weighted by Crippen LogP contribution is -2.31. The van der Waals surface area contributed by atoms with Crippen molar-refractivity contribution < 1.29 is 24.1 Å². The van der Waals surface area contributed by atoms with E-state index in [-0.39, 0.29) is 11.9 Å². The molecule has 10 heteroatoms. The van der Waals surface area contributed by atoms with Gasteiger partial charge >= 0.3 is 5.97 Å². The topological polar surface area (TPSA) is 146 Å². The number of hydrogen-bond donors (Lipinski definition) is 4. The second-order valence-electron chi connectivity index (χ2n) is 8.56. The summed E-state index contributed by atoms with van der Waals surface area (Å²) in [7, 11) is 3.27.